The maximum absolute atomic E-state index is 12.0. The number of sulfone groups is 1. The average Bonchev–Trinajstić information content (AvgIpc) is 3.04. The van der Waals surface area contributed by atoms with E-state index in [0.717, 1.165) is 23.1 Å². The number of nitrogens with zero attached hydrogens (tertiary/aromatic N) is 2. The van der Waals surface area contributed by atoms with Crippen molar-refractivity contribution < 1.29 is 12.8 Å². The first kappa shape index (κ1) is 16.9. The van der Waals surface area contributed by atoms with E-state index >= 15 is 0 Å². The Balaban J connectivity index is 1.48. The average molecular weight is 371 g/mol. The SMILES string of the molecule is C[C@@H]1C[C@@H]1c1ccc(CNc2cnn(-c3ccccc3S(C)(=O)=O)c2)o1. The molecule has 1 saturated carbocycles. The van der Waals surface area contributed by atoms with Gasteiger partial charge in [0.2, 0.25) is 0 Å². The smallest absolute Gasteiger partial charge is 0.177 e. The standard InChI is InChI=1S/C19H21N3O3S/c1-13-9-16(13)18-8-7-15(25-18)11-20-14-10-21-22(12-14)17-5-3-4-6-19(17)26(2,23)24/h3-8,10,12-13,16,20H,9,11H2,1-2H3/t13-,16+/m1/s1. The van der Waals surface area contributed by atoms with Crippen LogP contribution in [0.25, 0.3) is 5.69 Å². The summed E-state index contributed by atoms with van der Waals surface area (Å²) in [5, 5.41) is 7.55. The number of hydrogen-bond donors (Lipinski definition) is 1. The normalized spacial score (nSPS) is 19.5. The van der Waals surface area contributed by atoms with E-state index in [1.165, 1.54) is 12.7 Å². The second kappa shape index (κ2) is 6.32. The van der Waals surface area contributed by atoms with Crippen molar-refractivity contribution in [3.63, 3.8) is 0 Å². The molecule has 1 aromatic carbocycles. The number of benzene rings is 1. The molecule has 136 valence electrons. The molecule has 6 nitrogen and oxygen atoms in total. The molecule has 1 aliphatic carbocycles. The van der Waals surface area contributed by atoms with Gasteiger partial charge in [-0.25, -0.2) is 13.1 Å². The molecule has 26 heavy (non-hydrogen) atoms. The maximum Gasteiger partial charge on any atom is 0.177 e. The molecule has 4 rings (SSSR count). The van der Waals surface area contributed by atoms with E-state index in [4.69, 9.17) is 4.42 Å². The van der Waals surface area contributed by atoms with E-state index in [9.17, 15) is 8.42 Å². The summed E-state index contributed by atoms with van der Waals surface area (Å²) in [6.07, 6.45) is 5.85. The van der Waals surface area contributed by atoms with Crippen LogP contribution in [0.4, 0.5) is 5.69 Å². The van der Waals surface area contributed by atoms with Crippen molar-refractivity contribution >= 4 is 15.5 Å². The number of para-hydroxylation sites is 1. The quantitative estimate of drug-likeness (QED) is 0.716. The number of nitrogens with one attached hydrogen (secondary N) is 1. The molecule has 1 N–H and O–H groups in total. The Morgan fingerprint density at radius 2 is 2.04 bits per heavy atom. The Hall–Kier alpha value is -2.54. The summed E-state index contributed by atoms with van der Waals surface area (Å²) in [6.45, 7) is 2.79. The lowest BCUT2D eigenvalue weighted by Gasteiger charge is -2.07. The molecule has 1 fully saturated rings. The number of anilines is 1. The summed E-state index contributed by atoms with van der Waals surface area (Å²) >= 11 is 0. The summed E-state index contributed by atoms with van der Waals surface area (Å²) in [5.41, 5.74) is 1.33. The summed E-state index contributed by atoms with van der Waals surface area (Å²) in [5.74, 6) is 3.23. The zero-order chi connectivity index (χ0) is 18.3. The Morgan fingerprint density at radius 1 is 1.27 bits per heavy atom. The van der Waals surface area contributed by atoms with Crippen molar-refractivity contribution in [3.05, 3.63) is 60.3 Å². The fourth-order valence-electron chi connectivity index (χ4n) is 3.10. The molecule has 2 aromatic heterocycles. The van der Waals surface area contributed by atoms with Crippen molar-refractivity contribution in [2.45, 2.75) is 30.7 Å². The first-order valence-corrected chi connectivity index (χ1v) is 10.5. The Labute approximate surface area is 152 Å². The van der Waals surface area contributed by atoms with E-state index in [2.05, 4.69) is 23.4 Å². The van der Waals surface area contributed by atoms with Crippen LogP contribution in [0.5, 0.6) is 0 Å². The van der Waals surface area contributed by atoms with Gasteiger partial charge in [-0.05, 0) is 36.6 Å². The van der Waals surface area contributed by atoms with Gasteiger partial charge in [0.25, 0.3) is 0 Å². The Bertz CT molecular complexity index is 1040. The minimum atomic E-state index is -3.33. The molecule has 2 atom stereocenters. The molecule has 7 heteroatoms. The van der Waals surface area contributed by atoms with Gasteiger partial charge in [0.1, 0.15) is 11.5 Å². The molecule has 1 aliphatic rings. The van der Waals surface area contributed by atoms with Crippen LogP contribution in [0.3, 0.4) is 0 Å². The third-order valence-electron chi connectivity index (χ3n) is 4.72. The molecule has 2 heterocycles. The van der Waals surface area contributed by atoms with Crippen molar-refractivity contribution in [2.75, 3.05) is 11.6 Å². The largest absolute Gasteiger partial charge is 0.464 e. The third-order valence-corrected chi connectivity index (χ3v) is 5.86. The summed E-state index contributed by atoms with van der Waals surface area (Å²) < 4.78 is 31.4. The van der Waals surface area contributed by atoms with Gasteiger partial charge < -0.3 is 9.73 Å². The Kier molecular flexibility index (Phi) is 4.11. The van der Waals surface area contributed by atoms with Crippen LogP contribution in [0, 0.1) is 5.92 Å². The third kappa shape index (κ3) is 3.39. The predicted octanol–water partition coefficient (Wildman–Crippen LogP) is 3.60. The molecule has 0 saturated heterocycles. The summed E-state index contributed by atoms with van der Waals surface area (Å²) in [4.78, 5) is 0.254. The van der Waals surface area contributed by atoms with E-state index < -0.39 is 9.84 Å². The number of aromatic nitrogens is 2. The van der Waals surface area contributed by atoms with Crippen molar-refractivity contribution in [1.29, 1.82) is 0 Å². The lowest BCUT2D eigenvalue weighted by molar-refractivity contribution is 0.468. The van der Waals surface area contributed by atoms with E-state index in [1.54, 1.807) is 41.3 Å². The van der Waals surface area contributed by atoms with Crippen molar-refractivity contribution in [3.8, 4) is 5.69 Å². The number of hydrogen-bond acceptors (Lipinski definition) is 5. The fraction of sp³-hybridized carbons (Fsp3) is 0.316. The second-order valence-electron chi connectivity index (χ2n) is 6.89. The minimum absolute atomic E-state index is 0.254. The molecule has 3 aromatic rings. The summed E-state index contributed by atoms with van der Waals surface area (Å²) in [7, 11) is -3.33. The van der Waals surface area contributed by atoms with Gasteiger partial charge in [-0.1, -0.05) is 19.1 Å². The zero-order valence-electron chi connectivity index (χ0n) is 14.7. The van der Waals surface area contributed by atoms with Crippen LogP contribution < -0.4 is 5.32 Å². The van der Waals surface area contributed by atoms with Crippen molar-refractivity contribution in [2.24, 2.45) is 5.92 Å². The molecule has 0 radical (unpaired) electrons. The summed E-state index contributed by atoms with van der Waals surface area (Å²) in [6, 6.07) is 10.9. The van der Waals surface area contributed by atoms with Gasteiger partial charge in [0, 0.05) is 12.2 Å². The van der Waals surface area contributed by atoms with E-state index in [0.29, 0.717) is 18.2 Å². The highest BCUT2D eigenvalue weighted by Crippen LogP contribution is 2.47. The van der Waals surface area contributed by atoms with Gasteiger partial charge in [0.15, 0.2) is 9.84 Å². The number of rotatable bonds is 6. The minimum Gasteiger partial charge on any atom is -0.464 e. The lowest BCUT2D eigenvalue weighted by Crippen LogP contribution is -2.05. The van der Waals surface area contributed by atoms with Crippen LogP contribution >= 0.6 is 0 Å². The van der Waals surface area contributed by atoms with E-state index in [1.807, 2.05) is 6.07 Å². The zero-order valence-corrected chi connectivity index (χ0v) is 15.5. The molecular weight excluding hydrogens is 350 g/mol. The monoisotopic (exact) mass is 371 g/mol. The molecule has 0 aliphatic heterocycles. The van der Waals surface area contributed by atoms with Gasteiger partial charge >= 0.3 is 0 Å². The van der Waals surface area contributed by atoms with Gasteiger partial charge in [-0.15, -0.1) is 0 Å². The molecule has 0 bridgehead atoms. The predicted molar refractivity (Wildman–Crippen MR) is 99.2 cm³/mol. The highest BCUT2D eigenvalue weighted by molar-refractivity contribution is 7.90. The van der Waals surface area contributed by atoms with Gasteiger partial charge in [0.05, 0.1) is 35.2 Å². The van der Waals surface area contributed by atoms with Crippen LogP contribution in [0.15, 0.2) is 58.1 Å². The highest BCUT2D eigenvalue weighted by atomic mass is 32.2. The van der Waals surface area contributed by atoms with E-state index in [-0.39, 0.29) is 4.90 Å². The van der Waals surface area contributed by atoms with Crippen LogP contribution in [-0.2, 0) is 16.4 Å². The lowest BCUT2D eigenvalue weighted by atomic mass is 10.3. The first-order valence-electron chi connectivity index (χ1n) is 8.58. The number of furan rings is 1. The highest BCUT2D eigenvalue weighted by Gasteiger charge is 2.36. The Morgan fingerprint density at radius 3 is 2.77 bits per heavy atom. The topological polar surface area (TPSA) is 77.1 Å². The molecule has 0 spiro atoms. The van der Waals surface area contributed by atoms with Gasteiger partial charge in [-0.2, -0.15) is 5.10 Å². The van der Waals surface area contributed by atoms with Crippen LogP contribution in [0.2, 0.25) is 0 Å². The van der Waals surface area contributed by atoms with Crippen molar-refractivity contribution in [1.82, 2.24) is 9.78 Å². The fourth-order valence-corrected chi connectivity index (χ4v) is 3.97. The van der Waals surface area contributed by atoms with Crippen LogP contribution in [0.1, 0.15) is 30.8 Å². The maximum atomic E-state index is 12.0. The second-order valence-corrected chi connectivity index (χ2v) is 8.87. The first-order chi connectivity index (χ1) is 12.4. The molecule has 0 amide bonds. The van der Waals surface area contributed by atoms with Gasteiger partial charge in [-0.3, -0.25) is 0 Å². The molecule has 0 unspecified atom stereocenters. The van der Waals surface area contributed by atoms with Crippen LogP contribution in [-0.4, -0.2) is 24.5 Å². The molecular formula is C19H21N3O3S.